The number of anilines is 1. The molecule has 0 saturated carbocycles. The summed E-state index contributed by atoms with van der Waals surface area (Å²) < 4.78 is 5.69. The van der Waals surface area contributed by atoms with E-state index < -0.39 is 0 Å². The van der Waals surface area contributed by atoms with Crippen molar-refractivity contribution in [2.75, 3.05) is 11.9 Å². The molecule has 0 spiro atoms. The van der Waals surface area contributed by atoms with Crippen molar-refractivity contribution in [3.63, 3.8) is 0 Å². The van der Waals surface area contributed by atoms with Crippen LogP contribution in [0.15, 0.2) is 67.3 Å². The number of hydrogen-bond donors (Lipinski definition) is 1. The van der Waals surface area contributed by atoms with Crippen LogP contribution in [-0.2, 0) is 5.41 Å². The first kappa shape index (κ1) is 15.9. The number of para-hydroxylation sites is 1. The molecule has 3 rings (SSSR count). The zero-order valence-corrected chi connectivity index (χ0v) is 13.8. The molecule has 0 saturated heterocycles. The molecule has 0 radical (unpaired) electrons. The molecule has 1 aromatic carbocycles. The molecule has 24 heavy (non-hydrogen) atoms. The van der Waals surface area contributed by atoms with E-state index in [2.05, 4.69) is 40.2 Å². The van der Waals surface area contributed by atoms with Crippen LogP contribution in [0.25, 0.3) is 0 Å². The summed E-state index contributed by atoms with van der Waals surface area (Å²) in [5.74, 6) is 1.95. The van der Waals surface area contributed by atoms with E-state index in [4.69, 9.17) is 4.74 Å². The molecule has 2 heterocycles. The molecule has 0 aliphatic rings. The maximum atomic E-state index is 5.69. The first-order valence-corrected chi connectivity index (χ1v) is 7.83. The summed E-state index contributed by atoms with van der Waals surface area (Å²) in [6, 6.07) is 13.6. The maximum absolute atomic E-state index is 5.69. The number of hydrogen-bond acceptors (Lipinski definition) is 5. The van der Waals surface area contributed by atoms with Crippen LogP contribution in [0.1, 0.15) is 19.4 Å². The molecule has 5 nitrogen and oxygen atoms in total. The molecule has 0 bridgehead atoms. The second kappa shape index (κ2) is 7.08. The number of aromatic nitrogens is 3. The molecule has 0 aliphatic carbocycles. The summed E-state index contributed by atoms with van der Waals surface area (Å²) in [6.45, 7) is 5.02. The van der Waals surface area contributed by atoms with Gasteiger partial charge in [-0.1, -0.05) is 38.1 Å². The number of rotatable bonds is 6. The summed E-state index contributed by atoms with van der Waals surface area (Å²) in [5, 5.41) is 3.27. The minimum Gasteiger partial charge on any atom is -0.454 e. The Morgan fingerprint density at radius 3 is 2.33 bits per heavy atom. The van der Waals surface area contributed by atoms with Crippen molar-refractivity contribution in [3.8, 4) is 11.5 Å². The highest BCUT2D eigenvalue weighted by Crippen LogP contribution is 2.23. The zero-order chi connectivity index (χ0) is 16.8. The quantitative estimate of drug-likeness (QED) is 0.742. The summed E-state index contributed by atoms with van der Waals surface area (Å²) in [7, 11) is 0. The minimum atomic E-state index is -0.0726. The Bertz CT molecular complexity index is 758. The lowest BCUT2D eigenvalue weighted by Crippen LogP contribution is -2.28. The van der Waals surface area contributed by atoms with Crippen LogP contribution >= 0.6 is 0 Å². The van der Waals surface area contributed by atoms with Crippen LogP contribution in [-0.4, -0.2) is 21.5 Å². The smallest absolute Gasteiger partial charge is 0.222 e. The highest BCUT2D eigenvalue weighted by atomic mass is 16.5. The largest absolute Gasteiger partial charge is 0.454 e. The van der Waals surface area contributed by atoms with Gasteiger partial charge in [0.1, 0.15) is 5.75 Å². The van der Waals surface area contributed by atoms with Gasteiger partial charge in [0.2, 0.25) is 5.95 Å². The third-order valence-electron chi connectivity index (χ3n) is 3.74. The Balaban J connectivity index is 1.60. The van der Waals surface area contributed by atoms with Gasteiger partial charge in [-0.3, -0.25) is 4.98 Å². The van der Waals surface area contributed by atoms with Crippen LogP contribution < -0.4 is 10.1 Å². The summed E-state index contributed by atoms with van der Waals surface area (Å²) in [4.78, 5) is 12.8. The van der Waals surface area contributed by atoms with E-state index >= 15 is 0 Å². The van der Waals surface area contributed by atoms with E-state index in [1.165, 1.54) is 5.56 Å². The SMILES string of the molecule is CC(C)(CNc1ncc(Oc2ccccc2)cn1)c1cccnc1. The van der Waals surface area contributed by atoms with Crippen LogP contribution in [0.2, 0.25) is 0 Å². The lowest BCUT2D eigenvalue weighted by Gasteiger charge is -2.25. The van der Waals surface area contributed by atoms with Gasteiger partial charge in [0.25, 0.3) is 0 Å². The molecule has 0 unspecified atom stereocenters. The summed E-state index contributed by atoms with van der Waals surface area (Å²) in [5.41, 5.74) is 1.10. The van der Waals surface area contributed by atoms with E-state index in [0.717, 1.165) is 5.75 Å². The Kier molecular flexibility index (Phi) is 4.70. The first-order valence-electron chi connectivity index (χ1n) is 7.83. The third-order valence-corrected chi connectivity index (χ3v) is 3.74. The minimum absolute atomic E-state index is 0.0726. The number of nitrogens with zero attached hydrogens (tertiary/aromatic N) is 3. The van der Waals surface area contributed by atoms with Crippen LogP contribution in [0.3, 0.4) is 0 Å². The van der Waals surface area contributed by atoms with Gasteiger partial charge >= 0.3 is 0 Å². The fourth-order valence-corrected chi connectivity index (χ4v) is 2.25. The second-order valence-electron chi connectivity index (χ2n) is 6.14. The molecule has 0 aliphatic heterocycles. The number of benzene rings is 1. The Hall–Kier alpha value is -2.95. The standard InChI is InChI=1S/C19H20N4O/c1-19(2,15-7-6-10-20-11-15)14-23-18-21-12-17(13-22-18)24-16-8-4-3-5-9-16/h3-13H,14H2,1-2H3,(H,21,22,23). The predicted molar refractivity (Wildman–Crippen MR) is 94.3 cm³/mol. The van der Waals surface area contributed by atoms with E-state index in [9.17, 15) is 0 Å². The third kappa shape index (κ3) is 4.07. The molecule has 0 amide bonds. The van der Waals surface area contributed by atoms with Crippen molar-refractivity contribution >= 4 is 5.95 Å². The van der Waals surface area contributed by atoms with Crippen LogP contribution in [0.4, 0.5) is 5.95 Å². The Morgan fingerprint density at radius 1 is 0.917 bits per heavy atom. The highest BCUT2D eigenvalue weighted by molar-refractivity contribution is 5.33. The topological polar surface area (TPSA) is 59.9 Å². The number of pyridine rings is 1. The predicted octanol–water partition coefficient (Wildman–Crippen LogP) is 4.05. The van der Waals surface area contributed by atoms with E-state index in [0.29, 0.717) is 18.2 Å². The first-order chi connectivity index (χ1) is 11.6. The van der Waals surface area contributed by atoms with Gasteiger partial charge in [0.05, 0.1) is 12.4 Å². The van der Waals surface area contributed by atoms with Crippen molar-refractivity contribution in [3.05, 3.63) is 72.8 Å². The van der Waals surface area contributed by atoms with Crippen molar-refractivity contribution in [2.24, 2.45) is 0 Å². The lowest BCUT2D eigenvalue weighted by atomic mass is 9.86. The summed E-state index contributed by atoms with van der Waals surface area (Å²) in [6.07, 6.45) is 7.00. The molecule has 2 aromatic heterocycles. The maximum Gasteiger partial charge on any atom is 0.222 e. The van der Waals surface area contributed by atoms with E-state index in [1.807, 2.05) is 42.6 Å². The monoisotopic (exact) mass is 320 g/mol. The van der Waals surface area contributed by atoms with Crippen LogP contribution in [0.5, 0.6) is 11.5 Å². The number of ether oxygens (including phenoxy) is 1. The van der Waals surface area contributed by atoms with Gasteiger partial charge in [-0.05, 0) is 23.8 Å². The van der Waals surface area contributed by atoms with Crippen molar-refractivity contribution in [1.82, 2.24) is 15.0 Å². The fraction of sp³-hybridized carbons (Fsp3) is 0.211. The van der Waals surface area contributed by atoms with Crippen molar-refractivity contribution < 1.29 is 4.74 Å². The number of nitrogens with one attached hydrogen (secondary N) is 1. The van der Waals surface area contributed by atoms with Crippen LogP contribution in [0, 0.1) is 0 Å². The van der Waals surface area contributed by atoms with Gasteiger partial charge < -0.3 is 10.1 Å². The zero-order valence-electron chi connectivity index (χ0n) is 13.8. The Morgan fingerprint density at radius 2 is 1.67 bits per heavy atom. The van der Waals surface area contributed by atoms with Gasteiger partial charge in [0.15, 0.2) is 5.75 Å². The molecule has 0 fully saturated rings. The van der Waals surface area contributed by atoms with E-state index in [1.54, 1.807) is 18.6 Å². The van der Waals surface area contributed by atoms with Gasteiger partial charge in [-0.15, -0.1) is 0 Å². The van der Waals surface area contributed by atoms with Gasteiger partial charge in [0, 0.05) is 24.4 Å². The fourth-order valence-electron chi connectivity index (χ4n) is 2.25. The second-order valence-corrected chi connectivity index (χ2v) is 6.14. The lowest BCUT2D eigenvalue weighted by molar-refractivity contribution is 0.477. The highest BCUT2D eigenvalue weighted by Gasteiger charge is 2.20. The van der Waals surface area contributed by atoms with Gasteiger partial charge in [-0.25, -0.2) is 9.97 Å². The molecular weight excluding hydrogens is 300 g/mol. The molecule has 122 valence electrons. The average molecular weight is 320 g/mol. The van der Waals surface area contributed by atoms with Crippen molar-refractivity contribution in [2.45, 2.75) is 19.3 Å². The molecular formula is C19H20N4O. The Labute approximate surface area is 141 Å². The normalized spacial score (nSPS) is 11.1. The molecule has 3 aromatic rings. The van der Waals surface area contributed by atoms with E-state index in [-0.39, 0.29) is 5.41 Å². The summed E-state index contributed by atoms with van der Waals surface area (Å²) >= 11 is 0. The van der Waals surface area contributed by atoms with Gasteiger partial charge in [-0.2, -0.15) is 0 Å². The average Bonchev–Trinajstić information content (AvgIpc) is 2.63. The molecule has 5 heteroatoms. The van der Waals surface area contributed by atoms with Crippen molar-refractivity contribution in [1.29, 1.82) is 0 Å². The molecule has 1 N–H and O–H groups in total. The molecule has 0 atom stereocenters.